The molecule has 0 heterocycles. The minimum absolute atomic E-state index is 0.0712. The number of carbonyl (C=O) groups is 2. The highest BCUT2D eigenvalue weighted by Crippen LogP contribution is 2.45. The Balaban J connectivity index is 1.99. The van der Waals surface area contributed by atoms with Gasteiger partial charge in [-0.3, -0.25) is 9.59 Å². The van der Waals surface area contributed by atoms with Gasteiger partial charge in [0.05, 0.1) is 37.3 Å². The second-order valence-electron chi connectivity index (χ2n) is 12.8. The van der Waals surface area contributed by atoms with Crippen LogP contribution >= 0.6 is 0 Å². The van der Waals surface area contributed by atoms with Crippen molar-refractivity contribution >= 4 is 11.9 Å². The molecular weight excluding hydrogens is 472 g/mol. The van der Waals surface area contributed by atoms with E-state index in [1.165, 1.54) is 5.57 Å². The first-order chi connectivity index (χ1) is 17.2. The summed E-state index contributed by atoms with van der Waals surface area (Å²) in [6.07, 6.45) is 7.26. The first-order valence-corrected chi connectivity index (χ1v) is 13.9. The number of fused-ring (bicyclic) bond motifs is 1. The van der Waals surface area contributed by atoms with Gasteiger partial charge in [0.25, 0.3) is 0 Å². The number of ether oxygens (including phenoxy) is 2. The van der Waals surface area contributed by atoms with Crippen molar-refractivity contribution in [1.29, 1.82) is 0 Å². The summed E-state index contributed by atoms with van der Waals surface area (Å²) in [5, 5.41) is 30.3. The number of allylic oxidation sites excluding steroid dienone is 3. The average Bonchev–Trinajstić information content (AvgIpc) is 2.82. The van der Waals surface area contributed by atoms with Crippen molar-refractivity contribution in [3.05, 3.63) is 23.8 Å². The zero-order valence-electron chi connectivity index (χ0n) is 23.9. The third kappa shape index (κ3) is 9.22. The molecule has 2 aliphatic rings. The first-order valence-electron chi connectivity index (χ1n) is 13.9. The van der Waals surface area contributed by atoms with E-state index in [-0.39, 0.29) is 55.9 Å². The van der Waals surface area contributed by atoms with E-state index in [4.69, 9.17) is 9.47 Å². The van der Waals surface area contributed by atoms with Crippen LogP contribution in [0.4, 0.5) is 0 Å². The van der Waals surface area contributed by atoms with E-state index in [0.29, 0.717) is 18.8 Å². The number of carbonyl (C=O) groups excluding carboxylic acids is 2. The number of aliphatic hydroxyl groups is 3. The van der Waals surface area contributed by atoms with Gasteiger partial charge < -0.3 is 24.8 Å². The van der Waals surface area contributed by atoms with Crippen LogP contribution in [0.25, 0.3) is 0 Å². The highest BCUT2D eigenvalue weighted by Gasteiger charge is 2.42. The van der Waals surface area contributed by atoms with Crippen LogP contribution in [0.15, 0.2) is 23.8 Å². The van der Waals surface area contributed by atoms with E-state index in [1.807, 2.05) is 20.8 Å². The molecule has 0 aromatic rings. The van der Waals surface area contributed by atoms with Crippen molar-refractivity contribution in [2.24, 2.45) is 34.5 Å². The Labute approximate surface area is 223 Å². The Kier molecular flexibility index (Phi) is 11.4. The SMILES string of the molecule is CCC(C)(C)C(=O)O[C@H]1C[C@@H](C)C=C2C=C[C@H](C)[C@H](CC[C@@H](O)C[C@@H](O)CC(=O)OCC(C)(C)CO)[C@H]21. The summed E-state index contributed by atoms with van der Waals surface area (Å²) >= 11 is 0. The van der Waals surface area contributed by atoms with Crippen LogP contribution in [0.3, 0.4) is 0 Å². The van der Waals surface area contributed by atoms with Crippen LogP contribution in [-0.2, 0) is 19.1 Å². The fraction of sp³-hybridized carbons (Fsp3) is 0.800. The normalized spacial score (nSPS) is 27.6. The van der Waals surface area contributed by atoms with Crippen molar-refractivity contribution in [3.8, 4) is 0 Å². The Morgan fingerprint density at radius 1 is 1.14 bits per heavy atom. The Morgan fingerprint density at radius 3 is 2.43 bits per heavy atom. The van der Waals surface area contributed by atoms with Crippen LogP contribution in [-0.4, -0.2) is 58.8 Å². The van der Waals surface area contributed by atoms with Crippen LogP contribution in [0.1, 0.15) is 87.0 Å². The smallest absolute Gasteiger partial charge is 0.311 e. The van der Waals surface area contributed by atoms with Crippen LogP contribution in [0.2, 0.25) is 0 Å². The quantitative estimate of drug-likeness (QED) is 0.303. The number of hydrogen-bond acceptors (Lipinski definition) is 7. The summed E-state index contributed by atoms with van der Waals surface area (Å²) in [5.41, 5.74) is 0.142. The molecule has 0 saturated heterocycles. The molecule has 3 N–H and O–H groups in total. The summed E-state index contributed by atoms with van der Waals surface area (Å²) in [5.74, 6) is 0.150. The summed E-state index contributed by atoms with van der Waals surface area (Å²) in [6.45, 7) is 13.7. The molecule has 2 rings (SSSR count). The molecule has 0 bridgehead atoms. The molecule has 37 heavy (non-hydrogen) atoms. The minimum atomic E-state index is -1.00. The molecule has 0 unspecified atom stereocenters. The molecule has 0 fully saturated rings. The molecule has 7 atom stereocenters. The molecule has 212 valence electrons. The lowest BCUT2D eigenvalue weighted by Gasteiger charge is -2.44. The first kappa shape index (κ1) is 31.5. The predicted molar refractivity (Wildman–Crippen MR) is 143 cm³/mol. The molecule has 0 spiro atoms. The summed E-state index contributed by atoms with van der Waals surface area (Å²) in [6, 6.07) is 0. The second kappa shape index (κ2) is 13.4. The maximum atomic E-state index is 12.9. The van der Waals surface area contributed by atoms with Gasteiger partial charge in [-0.25, -0.2) is 0 Å². The molecule has 0 saturated carbocycles. The van der Waals surface area contributed by atoms with Gasteiger partial charge in [0, 0.05) is 11.3 Å². The second-order valence-corrected chi connectivity index (χ2v) is 12.8. The Morgan fingerprint density at radius 2 is 1.81 bits per heavy atom. The van der Waals surface area contributed by atoms with Crippen LogP contribution in [0, 0.1) is 34.5 Å². The maximum Gasteiger partial charge on any atom is 0.311 e. The van der Waals surface area contributed by atoms with Gasteiger partial charge in [-0.15, -0.1) is 0 Å². The monoisotopic (exact) mass is 522 g/mol. The predicted octanol–water partition coefficient (Wildman–Crippen LogP) is 4.58. The number of hydrogen-bond donors (Lipinski definition) is 3. The van der Waals surface area contributed by atoms with Gasteiger partial charge in [0.2, 0.25) is 0 Å². The Bertz CT molecular complexity index is 828. The fourth-order valence-electron chi connectivity index (χ4n) is 5.14. The molecule has 0 aromatic heterocycles. The van der Waals surface area contributed by atoms with Crippen molar-refractivity contribution in [2.45, 2.75) is 105 Å². The van der Waals surface area contributed by atoms with Gasteiger partial charge in [-0.1, -0.05) is 52.8 Å². The van der Waals surface area contributed by atoms with E-state index >= 15 is 0 Å². The molecule has 2 aliphatic carbocycles. The average molecular weight is 523 g/mol. The molecule has 7 heteroatoms. The fourth-order valence-corrected chi connectivity index (χ4v) is 5.14. The lowest BCUT2D eigenvalue weighted by molar-refractivity contribution is -0.164. The number of rotatable bonds is 13. The molecule has 0 radical (unpaired) electrons. The van der Waals surface area contributed by atoms with Gasteiger partial charge in [0.1, 0.15) is 6.10 Å². The highest BCUT2D eigenvalue weighted by atomic mass is 16.5. The lowest BCUT2D eigenvalue weighted by atomic mass is 9.65. The van der Waals surface area contributed by atoms with Crippen LogP contribution < -0.4 is 0 Å². The summed E-state index contributed by atoms with van der Waals surface area (Å²) in [7, 11) is 0. The van der Waals surface area contributed by atoms with E-state index in [0.717, 1.165) is 12.8 Å². The lowest BCUT2D eigenvalue weighted by Crippen LogP contribution is -2.43. The Hall–Kier alpha value is -1.70. The van der Waals surface area contributed by atoms with Crippen molar-refractivity contribution in [1.82, 2.24) is 0 Å². The van der Waals surface area contributed by atoms with Gasteiger partial charge in [-0.2, -0.15) is 0 Å². The van der Waals surface area contributed by atoms with Crippen molar-refractivity contribution in [3.63, 3.8) is 0 Å². The number of aliphatic hydroxyl groups excluding tert-OH is 3. The highest BCUT2D eigenvalue weighted by molar-refractivity contribution is 5.76. The van der Waals surface area contributed by atoms with E-state index in [2.05, 4.69) is 32.1 Å². The van der Waals surface area contributed by atoms with Gasteiger partial charge in [0.15, 0.2) is 0 Å². The number of esters is 2. The molecular formula is C30H50O7. The third-order valence-electron chi connectivity index (χ3n) is 8.12. The van der Waals surface area contributed by atoms with Gasteiger partial charge >= 0.3 is 11.9 Å². The topological polar surface area (TPSA) is 113 Å². The largest absolute Gasteiger partial charge is 0.465 e. The maximum absolute atomic E-state index is 12.9. The van der Waals surface area contributed by atoms with Crippen molar-refractivity contribution < 1.29 is 34.4 Å². The minimum Gasteiger partial charge on any atom is -0.465 e. The summed E-state index contributed by atoms with van der Waals surface area (Å²) < 4.78 is 11.3. The van der Waals surface area contributed by atoms with E-state index in [9.17, 15) is 24.9 Å². The zero-order chi connectivity index (χ0) is 28.0. The van der Waals surface area contributed by atoms with Crippen molar-refractivity contribution in [2.75, 3.05) is 13.2 Å². The van der Waals surface area contributed by atoms with E-state index < -0.39 is 29.0 Å². The molecule has 0 aromatic carbocycles. The van der Waals surface area contributed by atoms with Gasteiger partial charge in [-0.05, 0) is 69.3 Å². The molecule has 0 amide bonds. The zero-order valence-corrected chi connectivity index (χ0v) is 23.9. The standard InChI is InChI=1S/C30H50O7/c1-8-30(6,7)28(35)37-25-14-19(2)13-21-10-9-20(3)24(27(21)25)12-11-22(32)15-23(33)16-26(34)36-18-29(4,5)17-31/h9-10,13,19-20,22-25,27,31-33H,8,11-12,14-18H2,1-7H3/t19-,20-,22+,23+,24-,25-,27-/m0/s1. The van der Waals surface area contributed by atoms with E-state index in [1.54, 1.807) is 13.8 Å². The molecule has 0 aliphatic heterocycles. The third-order valence-corrected chi connectivity index (χ3v) is 8.12. The van der Waals surface area contributed by atoms with Crippen LogP contribution in [0.5, 0.6) is 0 Å². The molecule has 7 nitrogen and oxygen atoms in total. The summed E-state index contributed by atoms with van der Waals surface area (Å²) in [4.78, 5) is 25.0.